The summed E-state index contributed by atoms with van der Waals surface area (Å²) in [6.45, 7) is -0.575. The number of aliphatic hydroxyl groups is 1. The molecule has 6 nitrogen and oxygen atoms in total. The number of hydrogen-bond donors (Lipinski definition) is 3. The number of aromatic nitrogens is 3. The van der Waals surface area contributed by atoms with E-state index in [2.05, 4.69) is 15.3 Å². The number of aromatic amines is 1. The second-order valence-electron chi connectivity index (χ2n) is 6.68. The summed E-state index contributed by atoms with van der Waals surface area (Å²) < 4.78 is 29.4. The Labute approximate surface area is 164 Å². The topological polar surface area (TPSA) is 82.9 Å². The van der Waals surface area contributed by atoms with Gasteiger partial charge in [0, 0.05) is 42.2 Å². The van der Waals surface area contributed by atoms with Gasteiger partial charge in [0.2, 0.25) is 0 Å². The SMILES string of the molecule is Cn1ccc2c(-c3c[nH]c(C(=O)N[C@H](CO)c4cccc(F)c4F)c3)ccnc21. The lowest BCUT2D eigenvalue weighted by molar-refractivity contribution is 0.0910. The summed E-state index contributed by atoms with van der Waals surface area (Å²) in [5, 5.41) is 13.0. The third-order valence-corrected chi connectivity index (χ3v) is 4.85. The van der Waals surface area contributed by atoms with Gasteiger partial charge in [0.15, 0.2) is 11.6 Å². The number of hydrogen-bond acceptors (Lipinski definition) is 3. The lowest BCUT2D eigenvalue weighted by Gasteiger charge is -2.17. The number of rotatable bonds is 5. The minimum Gasteiger partial charge on any atom is -0.394 e. The number of nitrogens with one attached hydrogen (secondary N) is 2. The first-order chi connectivity index (χ1) is 14.0. The van der Waals surface area contributed by atoms with E-state index >= 15 is 0 Å². The molecule has 0 spiro atoms. The summed E-state index contributed by atoms with van der Waals surface area (Å²) in [6.07, 6.45) is 5.28. The average Bonchev–Trinajstić information content (AvgIpc) is 3.36. The van der Waals surface area contributed by atoms with Gasteiger partial charge >= 0.3 is 0 Å². The summed E-state index contributed by atoms with van der Waals surface area (Å²) in [4.78, 5) is 19.9. The molecule has 3 aromatic heterocycles. The molecule has 1 amide bonds. The van der Waals surface area contributed by atoms with Gasteiger partial charge in [-0.15, -0.1) is 0 Å². The van der Waals surface area contributed by atoms with Crippen LogP contribution in [0.4, 0.5) is 8.78 Å². The minimum absolute atomic E-state index is 0.118. The molecule has 1 aromatic carbocycles. The standard InChI is InChI=1S/C21H18F2N4O2/c1-27-8-6-14-13(5-7-24-20(14)27)12-9-17(25-10-12)21(29)26-18(11-28)15-3-2-4-16(22)19(15)23/h2-10,18,25,28H,11H2,1H3,(H,26,29)/t18-/m1/s1. The highest BCUT2D eigenvalue weighted by atomic mass is 19.2. The van der Waals surface area contributed by atoms with Crippen molar-refractivity contribution in [3.05, 3.63) is 77.9 Å². The fourth-order valence-electron chi connectivity index (χ4n) is 3.34. The zero-order valence-electron chi connectivity index (χ0n) is 15.5. The van der Waals surface area contributed by atoms with Gasteiger partial charge in [0.05, 0.1) is 12.6 Å². The van der Waals surface area contributed by atoms with Crippen molar-refractivity contribution in [1.82, 2.24) is 19.9 Å². The van der Waals surface area contributed by atoms with Gasteiger partial charge in [-0.2, -0.15) is 0 Å². The summed E-state index contributed by atoms with van der Waals surface area (Å²) in [6, 6.07) is 8.00. The maximum Gasteiger partial charge on any atom is 0.268 e. The molecule has 3 heterocycles. The van der Waals surface area contributed by atoms with Gasteiger partial charge < -0.3 is 20.0 Å². The fraction of sp³-hybridized carbons (Fsp3) is 0.143. The molecule has 0 radical (unpaired) electrons. The molecule has 0 saturated heterocycles. The molecule has 0 aliphatic rings. The van der Waals surface area contributed by atoms with E-state index in [1.54, 1.807) is 18.5 Å². The second-order valence-corrected chi connectivity index (χ2v) is 6.68. The number of fused-ring (bicyclic) bond motifs is 1. The van der Waals surface area contributed by atoms with Gasteiger partial charge in [0.1, 0.15) is 11.3 Å². The molecule has 0 unspecified atom stereocenters. The summed E-state index contributed by atoms with van der Waals surface area (Å²) in [5.74, 6) is -2.68. The number of H-pyrrole nitrogens is 1. The molecule has 0 saturated carbocycles. The number of halogens is 2. The first-order valence-corrected chi connectivity index (χ1v) is 8.94. The third kappa shape index (κ3) is 3.38. The molecule has 8 heteroatoms. The van der Waals surface area contributed by atoms with E-state index in [0.29, 0.717) is 0 Å². The maximum atomic E-state index is 14.0. The number of carbonyl (C=O) groups is 1. The largest absolute Gasteiger partial charge is 0.394 e. The molecular weight excluding hydrogens is 378 g/mol. The number of aliphatic hydroxyl groups excluding tert-OH is 1. The summed E-state index contributed by atoms with van der Waals surface area (Å²) in [7, 11) is 1.90. The van der Waals surface area contributed by atoms with Gasteiger partial charge in [-0.1, -0.05) is 12.1 Å². The zero-order valence-corrected chi connectivity index (χ0v) is 15.5. The highest BCUT2D eigenvalue weighted by Gasteiger charge is 2.21. The van der Waals surface area contributed by atoms with E-state index in [4.69, 9.17) is 0 Å². The Balaban J connectivity index is 1.60. The Morgan fingerprint density at radius 1 is 1.31 bits per heavy atom. The van der Waals surface area contributed by atoms with Crippen LogP contribution in [0.15, 0.2) is 55.0 Å². The zero-order chi connectivity index (χ0) is 20.5. The first-order valence-electron chi connectivity index (χ1n) is 8.94. The molecule has 3 N–H and O–H groups in total. The van der Waals surface area contributed by atoms with Crippen LogP contribution in [0.5, 0.6) is 0 Å². The summed E-state index contributed by atoms with van der Waals surface area (Å²) >= 11 is 0. The van der Waals surface area contributed by atoms with E-state index in [1.807, 2.05) is 29.9 Å². The van der Waals surface area contributed by atoms with Gasteiger partial charge in [-0.05, 0) is 29.8 Å². The van der Waals surface area contributed by atoms with Crippen molar-refractivity contribution >= 4 is 16.9 Å². The molecule has 1 atom stereocenters. The van der Waals surface area contributed by atoms with Crippen LogP contribution in [0.3, 0.4) is 0 Å². The van der Waals surface area contributed by atoms with Crippen LogP contribution in [-0.4, -0.2) is 32.2 Å². The second kappa shape index (κ2) is 7.48. The number of aryl methyl sites for hydroxylation is 1. The number of carbonyl (C=O) groups excluding carboxylic acids is 1. The lowest BCUT2D eigenvalue weighted by Crippen LogP contribution is -2.31. The van der Waals surface area contributed by atoms with Crippen molar-refractivity contribution in [1.29, 1.82) is 0 Å². The highest BCUT2D eigenvalue weighted by Crippen LogP contribution is 2.28. The van der Waals surface area contributed by atoms with Crippen LogP contribution >= 0.6 is 0 Å². The smallest absolute Gasteiger partial charge is 0.268 e. The Morgan fingerprint density at radius 2 is 2.14 bits per heavy atom. The molecule has 0 aliphatic carbocycles. The van der Waals surface area contributed by atoms with Gasteiger partial charge in [0.25, 0.3) is 5.91 Å². The van der Waals surface area contributed by atoms with Crippen LogP contribution in [0, 0.1) is 11.6 Å². The van der Waals surface area contributed by atoms with E-state index in [9.17, 15) is 18.7 Å². The molecular formula is C21H18F2N4O2. The van der Waals surface area contributed by atoms with Crippen LogP contribution in [0.25, 0.3) is 22.2 Å². The van der Waals surface area contributed by atoms with Crippen LogP contribution in [-0.2, 0) is 7.05 Å². The first kappa shape index (κ1) is 18.8. The van der Waals surface area contributed by atoms with Crippen molar-refractivity contribution in [3.8, 4) is 11.1 Å². The van der Waals surface area contributed by atoms with Gasteiger partial charge in [-0.25, -0.2) is 13.8 Å². The lowest BCUT2D eigenvalue weighted by atomic mass is 10.1. The van der Waals surface area contributed by atoms with E-state index in [0.717, 1.165) is 28.2 Å². The number of nitrogens with zero attached hydrogens (tertiary/aromatic N) is 2. The maximum absolute atomic E-state index is 14.0. The summed E-state index contributed by atoms with van der Waals surface area (Å²) in [5.41, 5.74) is 2.62. The number of benzene rings is 1. The van der Waals surface area contributed by atoms with Crippen LogP contribution in [0.1, 0.15) is 22.1 Å². The third-order valence-electron chi connectivity index (χ3n) is 4.85. The van der Waals surface area contributed by atoms with E-state index in [-0.39, 0.29) is 11.3 Å². The molecule has 0 bridgehead atoms. The Hall–Kier alpha value is -3.52. The minimum atomic E-state index is -1.10. The molecule has 4 rings (SSSR count). The van der Waals surface area contributed by atoms with E-state index in [1.165, 1.54) is 12.1 Å². The molecule has 0 aliphatic heterocycles. The quantitative estimate of drug-likeness (QED) is 0.484. The molecule has 0 fully saturated rings. The average molecular weight is 396 g/mol. The van der Waals surface area contributed by atoms with Crippen LogP contribution < -0.4 is 5.32 Å². The highest BCUT2D eigenvalue weighted by molar-refractivity contribution is 5.97. The van der Waals surface area contributed by atoms with E-state index < -0.39 is 30.2 Å². The van der Waals surface area contributed by atoms with Crippen molar-refractivity contribution in [2.24, 2.45) is 7.05 Å². The number of amides is 1. The van der Waals surface area contributed by atoms with Crippen molar-refractivity contribution in [2.45, 2.75) is 6.04 Å². The normalized spacial score (nSPS) is 12.3. The van der Waals surface area contributed by atoms with Crippen molar-refractivity contribution in [3.63, 3.8) is 0 Å². The Bertz CT molecular complexity index is 1200. The molecule has 148 valence electrons. The fourth-order valence-corrected chi connectivity index (χ4v) is 3.34. The monoisotopic (exact) mass is 396 g/mol. The van der Waals surface area contributed by atoms with Crippen molar-refractivity contribution < 1.29 is 18.7 Å². The van der Waals surface area contributed by atoms with Crippen molar-refractivity contribution in [2.75, 3.05) is 6.61 Å². The molecule has 29 heavy (non-hydrogen) atoms. The van der Waals surface area contributed by atoms with Crippen LogP contribution in [0.2, 0.25) is 0 Å². The predicted octanol–water partition coefficient (Wildman–Crippen LogP) is 3.31. The van der Waals surface area contributed by atoms with Gasteiger partial charge in [-0.3, -0.25) is 4.79 Å². The Kier molecular flexibility index (Phi) is 4.85. The predicted molar refractivity (Wildman–Crippen MR) is 104 cm³/mol. The number of pyridine rings is 1. The molecule has 4 aromatic rings. The Morgan fingerprint density at radius 3 is 2.93 bits per heavy atom.